The van der Waals surface area contributed by atoms with Gasteiger partial charge in [0.2, 0.25) is 5.91 Å². The first-order valence-corrected chi connectivity index (χ1v) is 8.87. The third-order valence-corrected chi connectivity index (χ3v) is 4.93. The van der Waals surface area contributed by atoms with Crippen LogP contribution in [0.2, 0.25) is 0 Å². The number of amides is 2. The second-order valence-electron chi connectivity index (χ2n) is 6.38. The normalized spacial score (nSPS) is 18.3. The van der Waals surface area contributed by atoms with Crippen LogP contribution in [0.5, 0.6) is 0 Å². The van der Waals surface area contributed by atoms with E-state index in [9.17, 15) is 14.4 Å². The first kappa shape index (κ1) is 17.0. The molecule has 2 amide bonds. The van der Waals surface area contributed by atoms with Crippen molar-refractivity contribution in [3.05, 3.63) is 33.8 Å². The molecule has 1 aliphatic carbocycles. The van der Waals surface area contributed by atoms with Crippen LogP contribution in [0.3, 0.4) is 0 Å². The summed E-state index contributed by atoms with van der Waals surface area (Å²) in [7, 11) is 0. The minimum absolute atomic E-state index is 0.00742. The van der Waals surface area contributed by atoms with Crippen LogP contribution in [-0.2, 0) is 4.79 Å². The summed E-state index contributed by atoms with van der Waals surface area (Å²) in [5.41, 5.74) is 0.387. The molecule has 0 radical (unpaired) electrons. The van der Waals surface area contributed by atoms with E-state index in [1.54, 1.807) is 6.07 Å². The van der Waals surface area contributed by atoms with E-state index in [1.165, 1.54) is 12.1 Å². The maximum absolute atomic E-state index is 12.4. The Morgan fingerprint density at radius 3 is 2.25 bits per heavy atom. The highest BCUT2D eigenvalue weighted by Crippen LogP contribution is 2.31. The zero-order valence-corrected chi connectivity index (χ0v) is 14.7. The van der Waals surface area contributed by atoms with Crippen LogP contribution < -0.4 is 5.32 Å². The number of aromatic carboxylic acids is 1. The van der Waals surface area contributed by atoms with E-state index in [0.29, 0.717) is 23.1 Å². The standard InChI is InChI=1S/C17H19BrN2O4/c18-13-8-11(7-12(9-13)17(23)24)15(21)19-14-3-5-20(6-4-14)16(22)10-1-2-10/h7-10,14H,1-6H2,(H,19,21)(H,23,24). The lowest BCUT2D eigenvalue weighted by molar-refractivity contribution is -0.133. The van der Waals surface area contributed by atoms with E-state index >= 15 is 0 Å². The summed E-state index contributed by atoms with van der Waals surface area (Å²) in [6.07, 6.45) is 3.46. The summed E-state index contributed by atoms with van der Waals surface area (Å²) in [6.45, 7) is 1.33. The zero-order valence-electron chi connectivity index (χ0n) is 13.1. The number of carboxylic acids is 1. The molecule has 0 bridgehead atoms. The number of nitrogens with one attached hydrogen (secondary N) is 1. The highest BCUT2D eigenvalue weighted by molar-refractivity contribution is 9.10. The van der Waals surface area contributed by atoms with Gasteiger partial charge in [-0.05, 0) is 43.9 Å². The molecule has 1 saturated heterocycles. The van der Waals surface area contributed by atoms with Crippen molar-refractivity contribution in [1.29, 1.82) is 0 Å². The fourth-order valence-electron chi connectivity index (χ4n) is 2.95. The second-order valence-corrected chi connectivity index (χ2v) is 7.30. The van der Waals surface area contributed by atoms with Crippen LogP contribution in [0.25, 0.3) is 0 Å². The molecule has 1 saturated carbocycles. The van der Waals surface area contributed by atoms with Gasteiger partial charge in [-0.25, -0.2) is 4.79 Å². The molecule has 1 aromatic carbocycles. The first-order valence-electron chi connectivity index (χ1n) is 8.07. The van der Waals surface area contributed by atoms with Crippen molar-refractivity contribution in [1.82, 2.24) is 10.2 Å². The Bertz CT molecular complexity index is 679. The average Bonchev–Trinajstić information content (AvgIpc) is 3.39. The number of piperidine rings is 1. The number of carbonyl (C=O) groups is 3. The monoisotopic (exact) mass is 394 g/mol. The Kier molecular flexibility index (Phi) is 4.89. The molecule has 1 heterocycles. The molecule has 2 N–H and O–H groups in total. The highest BCUT2D eigenvalue weighted by Gasteiger charge is 2.35. The molecule has 2 fully saturated rings. The molecule has 7 heteroatoms. The number of halogens is 1. The molecule has 2 aliphatic rings. The van der Waals surface area contributed by atoms with Crippen LogP contribution in [0.15, 0.2) is 22.7 Å². The number of carbonyl (C=O) groups excluding carboxylic acids is 2. The summed E-state index contributed by atoms with van der Waals surface area (Å²) < 4.78 is 0.553. The molecule has 0 atom stereocenters. The number of hydrogen-bond acceptors (Lipinski definition) is 3. The van der Waals surface area contributed by atoms with Crippen molar-refractivity contribution in [3.63, 3.8) is 0 Å². The third kappa shape index (κ3) is 3.95. The van der Waals surface area contributed by atoms with Gasteiger partial charge in [0.15, 0.2) is 0 Å². The second kappa shape index (κ2) is 6.93. The van der Waals surface area contributed by atoms with Crippen molar-refractivity contribution in [2.24, 2.45) is 5.92 Å². The molecule has 6 nitrogen and oxygen atoms in total. The lowest BCUT2D eigenvalue weighted by atomic mass is 10.0. The number of nitrogens with zero attached hydrogens (tertiary/aromatic N) is 1. The molecule has 3 rings (SSSR count). The van der Waals surface area contributed by atoms with Gasteiger partial charge in [-0.1, -0.05) is 15.9 Å². The molecule has 24 heavy (non-hydrogen) atoms. The molecule has 1 aromatic rings. The smallest absolute Gasteiger partial charge is 0.335 e. The quantitative estimate of drug-likeness (QED) is 0.819. The largest absolute Gasteiger partial charge is 0.478 e. The fraction of sp³-hybridized carbons (Fsp3) is 0.471. The summed E-state index contributed by atoms with van der Waals surface area (Å²) in [4.78, 5) is 37.4. The Morgan fingerprint density at radius 2 is 1.67 bits per heavy atom. The molecule has 128 valence electrons. The molecule has 1 aliphatic heterocycles. The fourth-order valence-corrected chi connectivity index (χ4v) is 3.44. The number of hydrogen-bond donors (Lipinski definition) is 2. The Labute approximate surface area is 148 Å². The maximum Gasteiger partial charge on any atom is 0.335 e. The van der Waals surface area contributed by atoms with E-state index in [-0.39, 0.29) is 29.3 Å². The third-order valence-electron chi connectivity index (χ3n) is 4.48. The van der Waals surface area contributed by atoms with Gasteiger partial charge in [-0.15, -0.1) is 0 Å². The Hall–Kier alpha value is -1.89. The molecule has 0 aromatic heterocycles. The van der Waals surface area contributed by atoms with Crippen LogP contribution in [0, 0.1) is 5.92 Å². The minimum atomic E-state index is -1.07. The van der Waals surface area contributed by atoms with Crippen LogP contribution >= 0.6 is 15.9 Å². The molecule has 0 spiro atoms. The predicted octanol–water partition coefficient (Wildman–Crippen LogP) is 2.28. The average molecular weight is 395 g/mol. The predicted molar refractivity (Wildman–Crippen MR) is 90.9 cm³/mol. The van der Waals surface area contributed by atoms with Gasteiger partial charge in [0.25, 0.3) is 5.91 Å². The summed E-state index contributed by atoms with van der Waals surface area (Å²) in [5, 5.41) is 12.0. The van der Waals surface area contributed by atoms with E-state index in [1.807, 2.05) is 4.90 Å². The summed E-state index contributed by atoms with van der Waals surface area (Å²) in [5.74, 6) is -0.881. The SMILES string of the molecule is O=C(O)c1cc(Br)cc(C(=O)NC2CCN(C(=O)C3CC3)CC2)c1. The maximum atomic E-state index is 12.4. The van der Waals surface area contributed by atoms with Gasteiger partial charge in [0, 0.05) is 35.1 Å². The molecular formula is C17H19BrN2O4. The van der Waals surface area contributed by atoms with Crippen molar-refractivity contribution in [2.45, 2.75) is 31.7 Å². The van der Waals surface area contributed by atoms with Crippen LogP contribution in [0.1, 0.15) is 46.4 Å². The van der Waals surface area contributed by atoms with Crippen LogP contribution in [-0.4, -0.2) is 46.9 Å². The van der Waals surface area contributed by atoms with Gasteiger partial charge in [0.1, 0.15) is 0 Å². The van der Waals surface area contributed by atoms with Crippen molar-refractivity contribution < 1.29 is 19.5 Å². The molecular weight excluding hydrogens is 376 g/mol. The van der Waals surface area contributed by atoms with E-state index in [0.717, 1.165) is 25.7 Å². The van der Waals surface area contributed by atoms with E-state index in [2.05, 4.69) is 21.2 Å². The van der Waals surface area contributed by atoms with Gasteiger partial charge in [0.05, 0.1) is 5.56 Å². The first-order chi connectivity index (χ1) is 11.4. The topological polar surface area (TPSA) is 86.7 Å². The number of likely N-dealkylation sites (tertiary alicyclic amines) is 1. The lowest BCUT2D eigenvalue weighted by Crippen LogP contribution is -2.47. The Balaban J connectivity index is 1.57. The summed E-state index contributed by atoms with van der Waals surface area (Å²) >= 11 is 3.23. The van der Waals surface area contributed by atoms with E-state index < -0.39 is 5.97 Å². The molecule has 0 unspecified atom stereocenters. The zero-order chi connectivity index (χ0) is 17.3. The van der Waals surface area contributed by atoms with Gasteiger partial charge in [-0.2, -0.15) is 0 Å². The van der Waals surface area contributed by atoms with Crippen molar-refractivity contribution in [3.8, 4) is 0 Å². The minimum Gasteiger partial charge on any atom is -0.478 e. The van der Waals surface area contributed by atoms with Gasteiger partial charge < -0.3 is 15.3 Å². The highest BCUT2D eigenvalue weighted by atomic mass is 79.9. The van der Waals surface area contributed by atoms with E-state index in [4.69, 9.17) is 5.11 Å². The van der Waals surface area contributed by atoms with Gasteiger partial charge in [-0.3, -0.25) is 9.59 Å². The summed E-state index contributed by atoms with van der Waals surface area (Å²) in [6, 6.07) is 4.44. The Morgan fingerprint density at radius 1 is 1.04 bits per heavy atom. The number of benzene rings is 1. The lowest BCUT2D eigenvalue weighted by Gasteiger charge is -2.32. The van der Waals surface area contributed by atoms with Crippen LogP contribution in [0.4, 0.5) is 0 Å². The van der Waals surface area contributed by atoms with Crippen molar-refractivity contribution in [2.75, 3.05) is 13.1 Å². The number of rotatable bonds is 4. The van der Waals surface area contributed by atoms with Crippen molar-refractivity contribution >= 4 is 33.7 Å². The number of carboxylic acid groups (broad SMARTS) is 1. The van der Waals surface area contributed by atoms with Gasteiger partial charge >= 0.3 is 5.97 Å².